The highest BCUT2D eigenvalue weighted by atomic mass is 79.9. The van der Waals surface area contributed by atoms with Gasteiger partial charge in [0.05, 0.1) is 17.1 Å². The maximum absolute atomic E-state index is 12.2. The second-order valence-corrected chi connectivity index (χ2v) is 7.70. The van der Waals surface area contributed by atoms with Crippen molar-refractivity contribution in [2.24, 2.45) is 0 Å². The average Bonchev–Trinajstić information content (AvgIpc) is 3.10. The molecule has 1 heterocycles. The van der Waals surface area contributed by atoms with Crippen molar-refractivity contribution in [3.63, 3.8) is 0 Å². The minimum atomic E-state index is -0.414. The number of fused-ring (bicyclic) bond motifs is 1. The summed E-state index contributed by atoms with van der Waals surface area (Å²) in [6, 6.07) is 14.6. The standard InChI is InChI=1S/C19H17BrN4O3S/c20-12-4-3-5-13(8-12)22-17(25)10-28-11-18(26)23-24-19(27)15-9-21-16-7-2-1-6-14(15)16/h1-9,21H,10-11H2,(H,22,25)(H,23,26)(H,24,27). The van der Waals surface area contributed by atoms with Gasteiger partial charge in [0.1, 0.15) is 0 Å². The van der Waals surface area contributed by atoms with Crippen molar-refractivity contribution in [2.45, 2.75) is 0 Å². The predicted octanol–water partition coefficient (Wildman–Crippen LogP) is 3.06. The van der Waals surface area contributed by atoms with E-state index in [4.69, 9.17) is 0 Å². The molecule has 0 unspecified atom stereocenters. The lowest BCUT2D eigenvalue weighted by Crippen LogP contribution is -2.42. The minimum absolute atomic E-state index is 0.0417. The number of para-hydroxylation sites is 1. The molecule has 0 atom stereocenters. The molecular weight excluding hydrogens is 444 g/mol. The highest BCUT2D eigenvalue weighted by Crippen LogP contribution is 2.17. The Labute approximate surface area is 173 Å². The molecule has 0 radical (unpaired) electrons. The summed E-state index contributed by atoms with van der Waals surface area (Å²) in [6.07, 6.45) is 1.59. The van der Waals surface area contributed by atoms with Crippen molar-refractivity contribution in [1.82, 2.24) is 15.8 Å². The van der Waals surface area contributed by atoms with Gasteiger partial charge in [-0.1, -0.05) is 40.2 Å². The third kappa shape index (κ3) is 5.37. The number of rotatable bonds is 6. The van der Waals surface area contributed by atoms with Crippen molar-refractivity contribution in [2.75, 3.05) is 16.8 Å². The van der Waals surface area contributed by atoms with E-state index >= 15 is 0 Å². The Bertz CT molecular complexity index is 1020. The van der Waals surface area contributed by atoms with Crippen LogP contribution in [0.25, 0.3) is 10.9 Å². The quantitative estimate of drug-likeness (QED) is 0.424. The maximum Gasteiger partial charge on any atom is 0.271 e. The van der Waals surface area contributed by atoms with Crippen molar-refractivity contribution in [3.05, 3.63) is 64.8 Å². The molecule has 3 amide bonds. The summed E-state index contributed by atoms with van der Waals surface area (Å²) in [5.74, 6) is -0.855. The van der Waals surface area contributed by atoms with E-state index in [0.29, 0.717) is 11.3 Å². The van der Waals surface area contributed by atoms with Crippen LogP contribution < -0.4 is 16.2 Å². The number of halogens is 1. The number of carbonyl (C=O) groups excluding carboxylic acids is 3. The third-order valence-electron chi connectivity index (χ3n) is 3.72. The molecule has 0 fully saturated rings. The van der Waals surface area contributed by atoms with Gasteiger partial charge in [-0.25, -0.2) is 0 Å². The molecule has 7 nitrogen and oxygen atoms in total. The molecule has 3 rings (SSSR count). The average molecular weight is 461 g/mol. The van der Waals surface area contributed by atoms with E-state index in [2.05, 4.69) is 37.1 Å². The highest BCUT2D eigenvalue weighted by Gasteiger charge is 2.12. The summed E-state index contributed by atoms with van der Waals surface area (Å²) in [7, 11) is 0. The Kier molecular flexibility index (Phi) is 6.72. The maximum atomic E-state index is 12.2. The van der Waals surface area contributed by atoms with Gasteiger partial charge in [-0.2, -0.15) is 0 Å². The zero-order valence-corrected chi connectivity index (χ0v) is 17.0. The summed E-state index contributed by atoms with van der Waals surface area (Å²) in [5, 5.41) is 3.52. The van der Waals surface area contributed by atoms with Crippen LogP contribution in [-0.2, 0) is 9.59 Å². The number of aromatic amines is 1. The summed E-state index contributed by atoms with van der Waals surface area (Å²) in [4.78, 5) is 39.0. The molecule has 1 aromatic heterocycles. The van der Waals surface area contributed by atoms with Crippen LogP contribution in [0.1, 0.15) is 10.4 Å². The number of amides is 3. The fourth-order valence-corrected chi connectivity index (χ4v) is 3.51. The zero-order valence-electron chi connectivity index (χ0n) is 14.6. The van der Waals surface area contributed by atoms with Gasteiger partial charge in [-0.15, -0.1) is 11.8 Å². The first-order valence-electron chi connectivity index (χ1n) is 8.31. The lowest BCUT2D eigenvalue weighted by molar-refractivity contribution is -0.119. The first-order chi connectivity index (χ1) is 13.5. The number of hydrazine groups is 1. The van der Waals surface area contributed by atoms with Crippen LogP contribution in [0.15, 0.2) is 59.2 Å². The largest absolute Gasteiger partial charge is 0.360 e. The zero-order chi connectivity index (χ0) is 19.9. The normalized spacial score (nSPS) is 10.5. The van der Waals surface area contributed by atoms with Crippen molar-refractivity contribution >= 4 is 62.0 Å². The van der Waals surface area contributed by atoms with E-state index in [1.807, 2.05) is 36.4 Å². The van der Waals surface area contributed by atoms with Crippen LogP contribution in [0, 0.1) is 0 Å². The number of carbonyl (C=O) groups is 3. The van der Waals surface area contributed by atoms with E-state index in [-0.39, 0.29) is 17.4 Å². The number of hydrogen-bond acceptors (Lipinski definition) is 4. The van der Waals surface area contributed by atoms with Crippen molar-refractivity contribution < 1.29 is 14.4 Å². The second-order valence-electron chi connectivity index (χ2n) is 5.80. The summed E-state index contributed by atoms with van der Waals surface area (Å²) in [5.41, 5.74) is 6.70. The number of H-pyrrole nitrogens is 1. The molecule has 0 saturated carbocycles. The lowest BCUT2D eigenvalue weighted by Gasteiger charge is -2.07. The lowest BCUT2D eigenvalue weighted by atomic mass is 10.2. The van der Waals surface area contributed by atoms with Crippen LogP contribution in [0.4, 0.5) is 5.69 Å². The second kappa shape index (κ2) is 9.43. The van der Waals surface area contributed by atoms with Gasteiger partial charge in [-0.05, 0) is 24.3 Å². The molecule has 0 spiro atoms. The summed E-state index contributed by atoms with van der Waals surface area (Å²) >= 11 is 4.49. The van der Waals surface area contributed by atoms with Gasteiger partial charge in [0.15, 0.2) is 0 Å². The Morgan fingerprint density at radius 1 is 0.964 bits per heavy atom. The highest BCUT2D eigenvalue weighted by molar-refractivity contribution is 9.10. The minimum Gasteiger partial charge on any atom is -0.360 e. The van der Waals surface area contributed by atoms with E-state index in [0.717, 1.165) is 27.1 Å². The first kappa shape index (κ1) is 20.0. The molecule has 3 aromatic rings. The topological polar surface area (TPSA) is 103 Å². The molecule has 0 aliphatic heterocycles. The molecule has 0 saturated heterocycles. The van der Waals surface area contributed by atoms with Crippen molar-refractivity contribution in [3.8, 4) is 0 Å². The Balaban J connectivity index is 1.39. The van der Waals surface area contributed by atoms with Crippen LogP contribution in [0.2, 0.25) is 0 Å². The van der Waals surface area contributed by atoms with Crippen molar-refractivity contribution in [1.29, 1.82) is 0 Å². The molecule has 0 aliphatic rings. The van der Waals surface area contributed by atoms with Crippen LogP contribution >= 0.6 is 27.7 Å². The van der Waals surface area contributed by atoms with Gasteiger partial charge in [0, 0.05) is 27.3 Å². The Morgan fingerprint density at radius 3 is 2.57 bits per heavy atom. The number of hydrogen-bond donors (Lipinski definition) is 4. The van der Waals surface area contributed by atoms with Crippen LogP contribution in [0.5, 0.6) is 0 Å². The fourth-order valence-electron chi connectivity index (χ4n) is 2.49. The van der Waals surface area contributed by atoms with E-state index < -0.39 is 11.8 Å². The SMILES string of the molecule is O=C(CSCC(=O)Nc1cccc(Br)c1)NNC(=O)c1c[nH]c2ccccc12. The summed E-state index contributed by atoms with van der Waals surface area (Å²) in [6.45, 7) is 0. The first-order valence-corrected chi connectivity index (χ1v) is 10.3. The third-order valence-corrected chi connectivity index (χ3v) is 5.15. The van der Waals surface area contributed by atoms with Gasteiger partial charge >= 0.3 is 0 Å². The van der Waals surface area contributed by atoms with E-state index in [1.54, 1.807) is 18.3 Å². The number of benzene rings is 2. The van der Waals surface area contributed by atoms with Crippen LogP contribution in [-0.4, -0.2) is 34.2 Å². The van der Waals surface area contributed by atoms with Crippen LogP contribution in [0.3, 0.4) is 0 Å². The van der Waals surface area contributed by atoms with Gasteiger partial charge < -0.3 is 10.3 Å². The van der Waals surface area contributed by atoms with Gasteiger partial charge in [0.2, 0.25) is 11.8 Å². The predicted molar refractivity (Wildman–Crippen MR) is 114 cm³/mol. The molecule has 144 valence electrons. The number of nitrogens with one attached hydrogen (secondary N) is 4. The monoisotopic (exact) mass is 460 g/mol. The fraction of sp³-hybridized carbons (Fsp3) is 0.105. The molecule has 0 aliphatic carbocycles. The number of aromatic nitrogens is 1. The molecular formula is C19H17BrN4O3S. The molecule has 4 N–H and O–H groups in total. The smallest absolute Gasteiger partial charge is 0.271 e. The van der Waals surface area contributed by atoms with E-state index in [1.165, 1.54) is 0 Å². The molecule has 2 aromatic carbocycles. The Hall–Kier alpha value is -2.78. The number of anilines is 1. The Morgan fingerprint density at radius 2 is 1.75 bits per heavy atom. The molecule has 0 bridgehead atoms. The number of thioether (sulfide) groups is 1. The molecule has 9 heteroatoms. The molecule has 28 heavy (non-hydrogen) atoms. The summed E-state index contributed by atoms with van der Waals surface area (Å²) < 4.78 is 0.864. The van der Waals surface area contributed by atoms with E-state index in [9.17, 15) is 14.4 Å². The van der Waals surface area contributed by atoms with Gasteiger partial charge in [-0.3, -0.25) is 25.2 Å². The van der Waals surface area contributed by atoms with Gasteiger partial charge in [0.25, 0.3) is 5.91 Å².